The third-order valence-corrected chi connectivity index (χ3v) is 5.80. The second-order valence-corrected chi connectivity index (χ2v) is 7.50. The molecule has 4 nitrogen and oxygen atoms in total. The van der Waals surface area contributed by atoms with Crippen molar-refractivity contribution in [3.8, 4) is 0 Å². The van der Waals surface area contributed by atoms with E-state index in [0.717, 1.165) is 11.8 Å². The Morgan fingerprint density at radius 3 is 2.64 bits per heavy atom. The van der Waals surface area contributed by atoms with E-state index in [2.05, 4.69) is 4.98 Å². The van der Waals surface area contributed by atoms with Gasteiger partial charge < -0.3 is 0 Å². The number of sulfonamides is 1. The predicted octanol–water partition coefficient (Wildman–Crippen LogP) is 3.23. The summed E-state index contributed by atoms with van der Waals surface area (Å²) in [7, 11) is -3.71. The Bertz CT molecular complexity index is 803. The molecule has 1 aromatic heterocycles. The van der Waals surface area contributed by atoms with Crippen molar-refractivity contribution in [2.45, 2.75) is 31.1 Å². The van der Waals surface area contributed by atoms with Crippen LogP contribution in [0.15, 0.2) is 41.4 Å². The molecule has 22 heavy (non-hydrogen) atoms. The van der Waals surface area contributed by atoms with Crippen molar-refractivity contribution in [2.75, 3.05) is 10.8 Å². The molecule has 0 aliphatic carbocycles. The lowest BCUT2D eigenvalue weighted by Crippen LogP contribution is -2.36. The van der Waals surface area contributed by atoms with E-state index in [9.17, 15) is 12.8 Å². The summed E-state index contributed by atoms with van der Waals surface area (Å²) in [6.07, 6.45) is 1.80. The van der Waals surface area contributed by atoms with Crippen molar-refractivity contribution < 1.29 is 12.8 Å². The molecule has 0 N–H and O–H groups in total. The maximum absolute atomic E-state index is 13.6. The van der Waals surface area contributed by atoms with Crippen LogP contribution in [0.2, 0.25) is 0 Å². The normalized spacial score (nSPS) is 18.1. The number of anilines is 1. The topological polar surface area (TPSA) is 50.3 Å². The number of hydrogen-bond donors (Lipinski definition) is 0. The molecule has 2 aromatic rings. The minimum absolute atomic E-state index is 0.111. The van der Waals surface area contributed by atoms with E-state index in [-0.39, 0.29) is 10.8 Å². The van der Waals surface area contributed by atoms with Gasteiger partial charge in [-0.2, -0.15) is 0 Å². The molecule has 1 aromatic carbocycles. The number of aromatic nitrogens is 1. The molecule has 1 aliphatic heterocycles. The van der Waals surface area contributed by atoms with Gasteiger partial charge in [-0.05, 0) is 25.5 Å². The van der Waals surface area contributed by atoms with Crippen molar-refractivity contribution >= 4 is 15.7 Å². The zero-order chi connectivity index (χ0) is 15.9. The minimum atomic E-state index is -3.71. The predicted molar refractivity (Wildman–Crippen MR) is 82.9 cm³/mol. The summed E-state index contributed by atoms with van der Waals surface area (Å²) in [5, 5.41) is 0. The van der Waals surface area contributed by atoms with Gasteiger partial charge in [0.25, 0.3) is 10.0 Å². The highest BCUT2D eigenvalue weighted by Crippen LogP contribution is 2.36. The third-order valence-electron chi connectivity index (χ3n) is 3.97. The first-order chi connectivity index (χ1) is 10.4. The van der Waals surface area contributed by atoms with Crippen molar-refractivity contribution in [3.05, 3.63) is 53.6 Å². The molecule has 1 atom stereocenters. The Hall–Kier alpha value is -1.95. The molecule has 116 valence electrons. The number of fused-ring (bicyclic) bond motifs is 1. The lowest BCUT2D eigenvalue weighted by atomic mass is 9.98. The highest BCUT2D eigenvalue weighted by molar-refractivity contribution is 7.92. The second kappa shape index (κ2) is 5.35. The van der Waals surface area contributed by atoms with Crippen molar-refractivity contribution in [1.29, 1.82) is 0 Å². The number of halogens is 1. The fraction of sp³-hybridized carbons (Fsp3) is 0.312. The van der Waals surface area contributed by atoms with Crippen molar-refractivity contribution in [1.82, 2.24) is 4.98 Å². The van der Waals surface area contributed by atoms with Crippen LogP contribution < -0.4 is 4.31 Å². The molecule has 0 fully saturated rings. The number of benzene rings is 1. The number of hydrogen-bond acceptors (Lipinski definition) is 3. The lowest BCUT2D eigenvalue weighted by molar-refractivity contribution is 0.569. The van der Waals surface area contributed by atoms with E-state index >= 15 is 0 Å². The SMILES string of the molecule is Cc1ccc(S(=O)(=O)N2CCC(C)c3ncc(F)cc32)cc1. The van der Waals surface area contributed by atoms with Gasteiger partial charge in [-0.15, -0.1) is 0 Å². The van der Waals surface area contributed by atoms with Gasteiger partial charge in [0.1, 0.15) is 5.82 Å². The highest BCUT2D eigenvalue weighted by Gasteiger charge is 2.32. The molecule has 6 heteroatoms. The monoisotopic (exact) mass is 320 g/mol. The van der Waals surface area contributed by atoms with Crippen molar-refractivity contribution in [3.63, 3.8) is 0 Å². The second-order valence-electron chi connectivity index (χ2n) is 5.64. The molecule has 1 aliphatic rings. The highest BCUT2D eigenvalue weighted by atomic mass is 32.2. The molecule has 3 rings (SSSR count). The van der Waals surface area contributed by atoms with Gasteiger partial charge >= 0.3 is 0 Å². The van der Waals surface area contributed by atoms with Gasteiger partial charge in [-0.1, -0.05) is 24.6 Å². The van der Waals surface area contributed by atoms with Gasteiger partial charge in [-0.3, -0.25) is 9.29 Å². The minimum Gasteiger partial charge on any atom is -0.264 e. The maximum Gasteiger partial charge on any atom is 0.264 e. The summed E-state index contributed by atoms with van der Waals surface area (Å²) in [5.74, 6) is -0.419. The van der Waals surface area contributed by atoms with Gasteiger partial charge in [-0.25, -0.2) is 12.8 Å². The molecule has 0 radical (unpaired) electrons. The van der Waals surface area contributed by atoms with Gasteiger partial charge in [0.05, 0.1) is 22.5 Å². The molecular weight excluding hydrogens is 303 g/mol. The van der Waals surface area contributed by atoms with Crippen LogP contribution >= 0.6 is 0 Å². The average Bonchev–Trinajstić information content (AvgIpc) is 2.47. The first-order valence-corrected chi connectivity index (χ1v) is 8.58. The first-order valence-electron chi connectivity index (χ1n) is 7.14. The first kappa shape index (κ1) is 15.0. The van der Waals surface area contributed by atoms with Crippen LogP contribution in [0.4, 0.5) is 10.1 Å². The smallest absolute Gasteiger partial charge is 0.264 e. The van der Waals surface area contributed by atoms with E-state index in [1.807, 2.05) is 13.8 Å². The Kier molecular flexibility index (Phi) is 3.64. The van der Waals surface area contributed by atoms with E-state index < -0.39 is 15.8 Å². The Balaban J connectivity index is 2.11. The quantitative estimate of drug-likeness (QED) is 0.853. The largest absolute Gasteiger partial charge is 0.264 e. The molecule has 2 heterocycles. The molecular formula is C16H17FN2O2S. The average molecular weight is 320 g/mol. The summed E-state index contributed by atoms with van der Waals surface area (Å²) in [4.78, 5) is 4.30. The number of pyridine rings is 1. The van der Waals surface area contributed by atoms with E-state index in [0.29, 0.717) is 24.3 Å². The zero-order valence-corrected chi connectivity index (χ0v) is 13.3. The van der Waals surface area contributed by atoms with E-state index in [1.165, 1.54) is 10.4 Å². The summed E-state index contributed by atoms with van der Waals surface area (Å²) >= 11 is 0. The molecule has 1 unspecified atom stereocenters. The van der Waals surface area contributed by atoms with Crippen LogP contribution in [0.3, 0.4) is 0 Å². The van der Waals surface area contributed by atoms with Crippen LogP contribution in [-0.2, 0) is 10.0 Å². The fourth-order valence-corrected chi connectivity index (χ4v) is 4.16. The molecule has 0 spiro atoms. The standard InChI is InChI=1S/C16H17FN2O2S/c1-11-3-5-14(6-4-11)22(20,21)19-8-7-12(2)16-15(19)9-13(17)10-18-16/h3-6,9-10,12H,7-8H2,1-2H3. The van der Waals surface area contributed by atoms with Crippen LogP contribution in [0.1, 0.15) is 30.5 Å². The summed E-state index contributed by atoms with van der Waals surface area (Å²) in [5.41, 5.74) is 1.96. The maximum atomic E-state index is 13.6. The van der Waals surface area contributed by atoms with Gasteiger partial charge in [0.15, 0.2) is 0 Å². The summed E-state index contributed by atoms with van der Waals surface area (Å²) in [6, 6.07) is 7.92. The number of nitrogens with zero attached hydrogens (tertiary/aromatic N) is 2. The molecule has 0 saturated heterocycles. The van der Waals surface area contributed by atoms with E-state index in [4.69, 9.17) is 0 Å². The zero-order valence-electron chi connectivity index (χ0n) is 12.5. The lowest BCUT2D eigenvalue weighted by Gasteiger charge is -2.32. The number of rotatable bonds is 2. The number of aryl methyl sites for hydroxylation is 1. The summed E-state index contributed by atoms with van der Waals surface area (Å²) in [6.45, 7) is 4.20. The van der Waals surface area contributed by atoms with Crippen LogP contribution in [0, 0.1) is 12.7 Å². The Morgan fingerprint density at radius 1 is 1.27 bits per heavy atom. The van der Waals surface area contributed by atoms with Crippen LogP contribution in [0.25, 0.3) is 0 Å². The molecule has 0 amide bonds. The van der Waals surface area contributed by atoms with E-state index in [1.54, 1.807) is 24.3 Å². The van der Waals surface area contributed by atoms with Crippen molar-refractivity contribution in [2.24, 2.45) is 0 Å². The molecule has 0 saturated carbocycles. The van der Waals surface area contributed by atoms with Gasteiger partial charge in [0, 0.05) is 18.5 Å². The Morgan fingerprint density at radius 2 is 1.95 bits per heavy atom. The van der Waals surface area contributed by atoms with Crippen LogP contribution in [0.5, 0.6) is 0 Å². The Labute approximate surface area is 129 Å². The fourth-order valence-electron chi connectivity index (χ4n) is 2.67. The van der Waals surface area contributed by atoms with Crippen LogP contribution in [-0.4, -0.2) is 19.9 Å². The van der Waals surface area contributed by atoms with Gasteiger partial charge in [0.2, 0.25) is 0 Å². The summed E-state index contributed by atoms with van der Waals surface area (Å²) < 4.78 is 40.5. The third kappa shape index (κ3) is 2.47. The molecule has 0 bridgehead atoms.